The van der Waals surface area contributed by atoms with Gasteiger partial charge in [-0.1, -0.05) is 46.0 Å². The van der Waals surface area contributed by atoms with Gasteiger partial charge in [-0.05, 0) is 39.5 Å². The molecule has 176 valence electrons. The predicted molar refractivity (Wildman–Crippen MR) is 129 cm³/mol. The maximum Gasteiger partial charge on any atom is 0.290 e. The van der Waals surface area contributed by atoms with Crippen molar-refractivity contribution in [2.75, 3.05) is 11.5 Å². The van der Waals surface area contributed by atoms with Gasteiger partial charge in [-0.15, -0.1) is 0 Å². The fourth-order valence-corrected chi connectivity index (χ4v) is 4.80. The average molecular weight is 435 g/mol. The summed E-state index contributed by atoms with van der Waals surface area (Å²) < 4.78 is 7.46. The molecule has 4 rings (SSSR count). The molecule has 0 radical (unpaired) electrons. The highest BCUT2D eigenvalue weighted by Crippen LogP contribution is 2.29. The lowest BCUT2D eigenvalue weighted by atomic mass is 9.96. The Hall–Kier alpha value is -2.38. The minimum atomic E-state index is -0.0168. The van der Waals surface area contributed by atoms with Gasteiger partial charge in [-0.3, -0.25) is 19.0 Å². The largest absolute Gasteiger partial charge is 0.393 e. The molecule has 4 N–H and O–H groups in total. The lowest BCUT2D eigenvalue weighted by molar-refractivity contribution is 0.293. The number of nitrogen functional groups attached to an aromatic ring is 2. The third-order valence-corrected chi connectivity index (χ3v) is 6.86. The van der Waals surface area contributed by atoms with Crippen LogP contribution in [0.3, 0.4) is 0 Å². The molecule has 0 aliphatic heterocycles. The molecule has 2 saturated carbocycles. The molecule has 0 atom stereocenters. The van der Waals surface area contributed by atoms with Crippen molar-refractivity contribution < 1.29 is 0 Å². The Kier molecular flexibility index (Phi) is 8.65. The molecule has 2 aromatic heterocycles. The maximum absolute atomic E-state index is 11.9. The van der Waals surface area contributed by atoms with Crippen LogP contribution in [0.4, 0.5) is 11.4 Å². The van der Waals surface area contributed by atoms with E-state index in [2.05, 4.69) is 0 Å². The summed E-state index contributed by atoms with van der Waals surface area (Å²) in [5, 5.41) is 0. The van der Waals surface area contributed by atoms with Crippen molar-refractivity contribution in [2.45, 2.75) is 97.6 Å². The Morgan fingerprint density at radius 2 is 0.935 bits per heavy atom. The van der Waals surface area contributed by atoms with E-state index in [4.69, 9.17) is 11.5 Å². The van der Waals surface area contributed by atoms with Crippen LogP contribution in [0.1, 0.15) is 95.1 Å². The number of hydrogen-bond donors (Lipinski definition) is 2. The van der Waals surface area contributed by atoms with Gasteiger partial charge in [0.15, 0.2) is 0 Å². The summed E-state index contributed by atoms with van der Waals surface area (Å²) in [6.07, 6.45) is 10.6. The highest BCUT2D eigenvalue weighted by atomic mass is 16.1. The second-order valence-corrected chi connectivity index (χ2v) is 8.57. The Morgan fingerprint density at radius 1 is 0.645 bits per heavy atom. The van der Waals surface area contributed by atoms with Gasteiger partial charge in [0.25, 0.3) is 11.1 Å². The third-order valence-electron chi connectivity index (χ3n) is 6.86. The molecular weight excluding hydrogens is 392 g/mol. The minimum Gasteiger partial charge on any atom is -0.393 e. The van der Waals surface area contributed by atoms with Crippen LogP contribution in [0.2, 0.25) is 0 Å². The van der Waals surface area contributed by atoms with Crippen molar-refractivity contribution in [1.29, 1.82) is 0 Å². The van der Waals surface area contributed by atoms with Crippen molar-refractivity contribution in [2.24, 2.45) is 14.1 Å². The van der Waals surface area contributed by atoms with Gasteiger partial charge in [0, 0.05) is 14.1 Å². The highest BCUT2D eigenvalue weighted by Gasteiger charge is 2.23. The Bertz CT molecular complexity index is 966. The molecule has 8 nitrogen and oxygen atoms in total. The van der Waals surface area contributed by atoms with Crippen LogP contribution in [-0.2, 0) is 14.1 Å². The van der Waals surface area contributed by atoms with E-state index < -0.39 is 0 Å². The van der Waals surface area contributed by atoms with E-state index in [0.717, 1.165) is 37.1 Å². The first-order valence-corrected chi connectivity index (χ1v) is 11.8. The van der Waals surface area contributed by atoms with E-state index in [-0.39, 0.29) is 11.1 Å². The van der Waals surface area contributed by atoms with Gasteiger partial charge in [0.05, 0.1) is 23.5 Å². The zero-order chi connectivity index (χ0) is 23.3. The average Bonchev–Trinajstić information content (AvgIpc) is 3.43. The van der Waals surface area contributed by atoms with Crippen molar-refractivity contribution >= 4 is 11.4 Å². The molecule has 31 heavy (non-hydrogen) atoms. The Morgan fingerprint density at radius 3 is 1.19 bits per heavy atom. The summed E-state index contributed by atoms with van der Waals surface area (Å²) in [6.45, 7) is 7.79. The molecule has 8 heteroatoms. The van der Waals surface area contributed by atoms with Crippen LogP contribution in [0.5, 0.6) is 0 Å². The molecule has 0 amide bonds. The number of hydrogen-bond acceptors (Lipinski definition) is 4. The number of nitrogens with zero attached hydrogens (tertiary/aromatic N) is 4. The quantitative estimate of drug-likeness (QED) is 0.750. The Labute approximate surface area is 185 Å². The monoisotopic (exact) mass is 434 g/mol. The lowest BCUT2D eigenvalue weighted by Gasteiger charge is -2.24. The lowest BCUT2D eigenvalue weighted by Crippen LogP contribution is -2.28. The standard InChI is InChI=1S/C11H19N3O.C10H17N3O.C2H6/c1-8-10(12)11(15)14(13(8)2)9-6-4-3-5-7-9;1-7-9(11)10(14)13(12(7)2)8-5-3-4-6-8;1-2/h9H,3-7,12H2,1-2H3;8H,3-6,11H2,1-2H3;1-2H3. The van der Waals surface area contributed by atoms with Crippen LogP contribution < -0.4 is 22.6 Å². The smallest absolute Gasteiger partial charge is 0.290 e. The first-order valence-electron chi connectivity index (χ1n) is 11.8. The summed E-state index contributed by atoms with van der Waals surface area (Å²) >= 11 is 0. The SMILES string of the molecule is CC.Cc1c(N)c(=O)n(C2CCCC2)n1C.Cc1c(N)c(=O)n(C2CCCCC2)n1C. The first kappa shape index (κ1) is 24.9. The molecule has 0 spiro atoms. The molecule has 2 fully saturated rings. The molecule has 0 aromatic carbocycles. The summed E-state index contributed by atoms with van der Waals surface area (Å²) in [6, 6.07) is 0.718. The zero-order valence-corrected chi connectivity index (χ0v) is 20.3. The normalized spacial score (nSPS) is 17.1. The van der Waals surface area contributed by atoms with Crippen LogP contribution in [0, 0.1) is 13.8 Å². The molecule has 2 aromatic rings. The van der Waals surface area contributed by atoms with Gasteiger partial charge >= 0.3 is 0 Å². The van der Waals surface area contributed by atoms with Crippen LogP contribution >= 0.6 is 0 Å². The molecule has 0 unspecified atom stereocenters. The van der Waals surface area contributed by atoms with Crippen LogP contribution in [-0.4, -0.2) is 18.7 Å². The van der Waals surface area contributed by atoms with E-state index in [9.17, 15) is 9.59 Å². The molecule has 2 aliphatic carbocycles. The number of anilines is 2. The Balaban J connectivity index is 0.000000204. The molecule has 2 aliphatic rings. The van der Waals surface area contributed by atoms with Crippen LogP contribution in [0.15, 0.2) is 9.59 Å². The van der Waals surface area contributed by atoms with Crippen molar-refractivity contribution in [1.82, 2.24) is 18.7 Å². The first-order chi connectivity index (χ1) is 14.8. The van der Waals surface area contributed by atoms with E-state index in [1.807, 2.05) is 60.5 Å². The summed E-state index contributed by atoms with van der Waals surface area (Å²) in [5.74, 6) is 0. The zero-order valence-electron chi connectivity index (χ0n) is 20.3. The summed E-state index contributed by atoms with van der Waals surface area (Å²) in [4.78, 5) is 23.7. The van der Waals surface area contributed by atoms with Gasteiger partial charge < -0.3 is 11.5 Å². The van der Waals surface area contributed by atoms with Crippen molar-refractivity contribution in [3.63, 3.8) is 0 Å². The molecule has 0 saturated heterocycles. The molecule has 2 heterocycles. The second kappa shape index (κ2) is 10.8. The maximum atomic E-state index is 11.9. The van der Waals surface area contributed by atoms with Gasteiger partial charge in [-0.2, -0.15) is 0 Å². The van der Waals surface area contributed by atoms with Gasteiger partial charge in [-0.25, -0.2) is 9.36 Å². The fourth-order valence-electron chi connectivity index (χ4n) is 4.80. The van der Waals surface area contributed by atoms with Crippen molar-refractivity contribution in [3.8, 4) is 0 Å². The topological polar surface area (TPSA) is 106 Å². The molecule has 0 bridgehead atoms. The highest BCUT2D eigenvalue weighted by molar-refractivity contribution is 5.41. The van der Waals surface area contributed by atoms with Crippen molar-refractivity contribution in [3.05, 3.63) is 32.1 Å². The number of rotatable bonds is 2. The predicted octanol–water partition coefficient (Wildman–Crippen LogP) is 3.80. The van der Waals surface area contributed by atoms with Gasteiger partial charge in [0.2, 0.25) is 0 Å². The number of nitrogens with two attached hydrogens (primary N) is 2. The number of aromatic nitrogens is 4. The van der Waals surface area contributed by atoms with E-state index in [1.165, 1.54) is 32.1 Å². The van der Waals surface area contributed by atoms with E-state index in [0.29, 0.717) is 23.5 Å². The third kappa shape index (κ3) is 4.93. The minimum absolute atomic E-state index is 0.0121. The summed E-state index contributed by atoms with van der Waals surface area (Å²) in [7, 11) is 3.83. The fraction of sp³-hybridized carbons (Fsp3) is 0.739. The van der Waals surface area contributed by atoms with Gasteiger partial charge in [0.1, 0.15) is 11.4 Å². The summed E-state index contributed by atoms with van der Waals surface area (Å²) in [5.41, 5.74) is 14.0. The van der Waals surface area contributed by atoms with E-state index in [1.54, 1.807) is 0 Å². The second-order valence-electron chi connectivity index (χ2n) is 8.57. The van der Waals surface area contributed by atoms with E-state index >= 15 is 0 Å². The molecular formula is C23H42N6O2. The van der Waals surface area contributed by atoms with Crippen LogP contribution in [0.25, 0.3) is 0 Å².